The van der Waals surface area contributed by atoms with Gasteiger partial charge in [-0.3, -0.25) is 0 Å². The highest BCUT2D eigenvalue weighted by Gasteiger charge is 2.41. The van der Waals surface area contributed by atoms with Gasteiger partial charge in [-0.15, -0.1) is 0 Å². The molecule has 0 saturated carbocycles. The number of para-hydroxylation sites is 2. The van der Waals surface area contributed by atoms with Crippen molar-refractivity contribution < 1.29 is 0 Å². The number of benzene rings is 11. The lowest BCUT2D eigenvalue weighted by Crippen LogP contribution is -2.74. The molecule has 0 unspecified atom stereocenters. The van der Waals surface area contributed by atoms with Crippen molar-refractivity contribution >= 4 is 72.4 Å². The largest absolute Gasteiger partial charge is 0.309 e. The predicted octanol–water partition coefficient (Wildman–Crippen LogP) is 14.3. The molecule has 13 rings (SSSR count). The van der Waals surface area contributed by atoms with Gasteiger partial charge in [-0.05, 0) is 115 Å². The van der Waals surface area contributed by atoms with Gasteiger partial charge in [0.15, 0.2) is 8.07 Å². The molecule has 2 aromatic heterocycles. The number of hydrogen-bond acceptors (Lipinski definition) is 0. The van der Waals surface area contributed by atoms with Gasteiger partial charge in [-0.2, -0.15) is 0 Å². The van der Waals surface area contributed by atoms with Gasteiger partial charge in [0.05, 0.1) is 22.1 Å². The molecule has 0 atom stereocenters. The van der Waals surface area contributed by atoms with Crippen molar-refractivity contribution in [2.24, 2.45) is 0 Å². The van der Waals surface area contributed by atoms with Crippen LogP contribution in [-0.2, 0) is 0 Å². The van der Waals surface area contributed by atoms with Gasteiger partial charge in [0.25, 0.3) is 0 Å². The molecule has 0 fully saturated rings. The predicted molar refractivity (Wildman–Crippen MR) is 295 cm³/mol. The van der Waals surface area contributed by atoms with Crippen LogP contribution >= 0.6 is 0 Å². The highest BCUT2D eigenvalue weighted by atomic mass is 28.3. The van der Waals surface area contributed by atoms with E-state index in [4.69, 9.17) is 0 Å². The second-order valence-electron chi connectivity index (χ2n) is 18.1. The highest BCUT2D eigenvalue weighted by Crippen LogP contribution is 2.39. The number of hydrogen-bond donors (Lipinski definition) is 0. The Morgan fingerprint density at radius 2 is 0.536 bits per heavy atom. The van der Waals surface area contributed by atoms with Crippen LogP contribution in [0.5, 0.6) is 0 Å². The van der Waals surface area contributed by atoms with Gasteiger partial charge in [0.1, 0.15) is 0 Å². The minimum atomic E-state index is -2.70. The van der Waals surface area contributed by atoms with E-state index in [9.17, 15) is 0 Å². The summed E-state index contributed by atoms with van der Waals surface area (Å²) in [7, 11) is -2.70. The Morgan fingerprint density at radius 1 is 0.203 bits per heavy atom. The van der Waals surface area contributed by atoms with Crippen molar-refractivity contribution in [3.63, 3.8) is 0 Å². The molecule has 69 heavy (non-hydrogen) atoms. The number of nitrogens with zero attached hydrogens (tertiary/aromatic N) is 2. The van der Waals surface area contributed by atoms with Crippen LogP contribution in [0.3, 0.4) is 0 Å². The van der Waals surface area contributed by atoms with Gasteiger partial charge in [-0.25, -0.2) is 0 Å². The van der Waals surface area contributed by atoms with E-state index in [0.29, 0.717) is 0 Å². The van der Waals surface area contributed by atoms with E-state index in [1.54, 1.807) is 0 Å². The molecule has 0 bridgehead atoms. The van der Waals surface area contributed by atoms with Crippen molar-refractivity contribution in [2.45, 2.75) is 0 Å². The Balaban J connectivity index is 0.916. The molecule has 2 heterocycles. The van der Waals surface area contributed by atoms with Gasteiger partial charge in [-0.1, -0.05) is 218 Å². The highest BCUT2D eigenvalue weighted by molar-refractivity contribution is 7.19. The molecular formula is C66H46N2Si. The van der Waals surface area contributed by atoms with Crippen molar-refractivity contribution in [1.82, 2.24) is 9.13 Å². The molecule has 3 heteroatoms. The van der Waals surface area contributed by atoms with Gasteiger partial charge in [0, 0.05) is 32.9 Å². The van der Waals surface area contributed by atoms with Crippen molar-refractivity contribution in [3.8, 4) is 44.8 Å². The van der Waals surface area contributed by atoms with E-state index in [0.717, 1.165) is 11.4 Å². The smallest absolute Gasteiger partial charge is 0.179 e. The summed E-state index contributed by atoms with van der Waals surface area (Å²) >= 11 is 0. The normalized spacial score (nSPS) is 11.8. The third-order valence-electron chi connectivity index (χ3n) is 14.2. The van der Waals surface area contributed by atoms with Crippen LogP contribution in [0.4, 0.5) is 0 Å². The first kappa shape index (κ1) is 40.5. The van der Waals surface area contributed by atoms with Crippen LogP contribution in [0.15, 0.2) is 279 Å². The number of fused-ring (bicyclic) bond motifs is 6. The summed E-state index contributed by atoms with van der Waals surface area (Å²) in [5.74, 6) is 0. The average Bonchev–Trinajstić information content (AvgIpc) is 3.95. The molecule has 324 valence electrons. The lowest BCUT2D eigenvalue weighted by molar-refractivity contribution is 1.18. The third-order valence-corrected chi connectivity index (χ3v) is 19.0. The van der Waals surface area contributed by atoms with E-state index in [2.05, 4.69) is 288 Å². The van der Waals surface area contributed by atoms with Gasteiger partial charge in [0.2, 0.25) is 0 Å². The van der Waals surface area contributed by atoms with Crippen LogP contribution < -0.4 is 20.7 Å². The summed E-state index contributed by atoms with van der Waals surface area (Å²) in [5, 5.41) is 10.4. The quantitative estimate of drug-likeness (QED) is 0.101. The maximum Gasteiger partial charge on any atom is 0.179 e. The maximum absolute atomic E-state index is 2.70. The Kier molecular flexibility index (Phi) is 9.88. The lowest BCUT2D eigenvalue weighted by atomic mass is 10.0. The monoisotopic (exact) mass is 894 g/mol. The summed E-state index contributed by atoms with van der Waals surface area (Å²) in [6, 6.07) is 103. The van der Waals surface area contributed by atoms with Crippen molar-refractivity contribution in [3.05, 3.63) is 279 Å². The minimum Gasteiger partial charge on any atom is -0.309 e. The van der Waals surface area contributed by atoms with Crippen LogP contribution in [0.25, 0.3) is 88.4 Å². The van der Waals surface area contributed by atoms with E-state index < -0.39 is 8.07 Å². The summed E-state index contributed by atoms with van der Waals surface area (Å²) in [6.07, 6.45) is 0. The first-order chi connectivity index (χ1) is 34.2. The zero-order valence-electron chi connectivity index (χ0n) is 38.0. The number of aromatic nitrogens is 2. The Morgan fingerprint density at radius 3 is 1.01 bits per heavy atom. The van der Waals surface area contributed by atoms with Crippen molar-refractivity contribution in [1.29, 1.82) is 0 Å². The van der Waals surface area contributed by atoms with Crippen LogP contribution in [-0.4, -0.2) is 17.2 Å². The zero-order valence-corrected chi connectivity index (χ0v) is 39.0. The summed E-state index contributed by atoms with van der Waals surface area (Å²) in [6.45, 7) is 0. The fourth-order valence-corrected chi connectivity index (χ4v) is 15.9. The topological polar surface area (TPSA) is 9.86 Å². The van der Waals surface area contributed by atoms with E-state index in [-0.39, 0.29) is 0 Å². The van der Waals surface area contributed by atoms with E-state index >= 15 is 0 Å². The van der Waals surface area contributed by atoms with Gasteiger partial charge >= 0.3 is 0 Å². The zero-order chi connectivity index (χ0) is 45.7. The average molecular weight is 895 g/mol. The molecule has 0 aliphatic rings. The third kappa shape index (κ3) is 6.78. The molecule has 11 aromatic carbocycles. The molecule has 0 radical (unpaired) electrons. The molecule has 0 amide bonds. The lowest BCUT2D eigenvalue weighted by Gasteiger charge is -2.34. The Labute approximate surface area is 403 Å². The molecular weight excluding hydrogens is 849 g/mol. The van der Waals surface area contributed by atoms with Gasteiger partial charge < -0.3 is 9.13 Å². The fraction of sp³-hybridized carbons (Fsp3) is 0. The second kappa shape index (κ2) is 16.8. The van der Waals surface area contributed by atoms with E-state index in [1.807, 2.05) is 0 Å². The molecule has 0 N–H and O–H groups in total. The minimum absolute atomic E-state index is 1.14. The molecule has 0 aliphatic heterocycles. The SMILES string of the molecule is c1ccc(-c2cccc(-n3c4ccccc4c4cc(-c5ccc6c(c5)c5ccccc5n6-c5cccc(-c6cccc([Si](c7ccccc7)(c7ccccc7)c7ccccc7)c6)c5)ccc43)c2)cc1. The fourth-order valence-electron chi connectivity index (χ4n) is 11.1. The molecule has 2 nitrogen and oxygen atoms in total. The standard InChI is InChI=1S/C66H46N2Si/c1-5-20-47(21-6-1)48-22-17-25-53(42-48)67-63-36-15-13-34-59(63)61-45-51(38-40-65(61)67)52-39-41-66-62(46-52)60-35-14-16-37-64(60)68(66)54-26-18-23-49(43-54)50-24-19-33-58(44-50)69(55-27-7-2-8-28-55,56-29-9-3-10-30-56)57-31-11-4-12-32-57/h1-46H. The summed E-state index contributed by atoms with van der Waals surface area (Å²) in [4.78, 5) is 0. The molecule has 0 aliphatic carbocycles. The maximum atomic E-state index is 2.46. The van der Waals surface area contributed by atoms with Crippen molar-refractivity contribution in [2.75, 3.05) is 0 Å². The first-order valence-electron chi connectivity index (χ1n) is 23.8. The Hall–Kier alpha value is -8.76. The van der Waals surface area contributed by atoms with Crippen LogP contribution in [0.1, 0.15) is 0 Å². The number of rotatable bonds is 9. The molecule has 0 saturated heterocycles. The summed E-state index contributed by atoms with van der Waals surface area (Å²) < 4.78 is 4.86. The Bertz CT molecular complexity index is 3900. The summed E-state index contributed by atoms with van der Waals surface area (Å²) in [5.41, 5.74) is 14.3. The van der Waals surface area contributed by atoms with E-state index in [1.165, 1.54) is 97.7 Å². The second-order valence-corrected chi connectivity index (χ2v) is 21.9. The van der Waals surface area contributed by atoms with Crippen LogP contribution in [0, 0.1) is 0 Å². The molecule has 13 aromatic rings. The first-order valence-corrected chi connectivity index (χ1v) is 25.8. The van der Waals surface area contributed by atoms with Crippen LogP contribution in [0.2, 0.25) is 0 Å². The molecule has 0 spiro atoms.